The molecule has 0 spiro atoms. The Balaban J connectivity index is 1.55. The van der Waals surface area contributed by atoms with Gasteiger partial charge in [0, 0.05) is 11.8 Å². The van der Waals surface area contributed by atoms with Gasteiger partial charge in [-0.05, 0) is 86.4 Å². The van der Waals surface area contributed by atoms with Crippen LogP contribution in [-0.2, 0) is 9.53 Å². The van der Waals surface area contributed by atoms with Crippen LogP contribution in [0.15, 0.2) is 11.6 Å². The van der Waals surface area contributed by atoms with Crippen LogP contribution in [0.25, 0.3) is 0 Å². The van der Waals surface area contributed by atoms with Crippen LogP contribution in [-0.4, -0.2) is 35.5 Å². The highest BCUT2D eigenvalue weighted by molar-refractivity contribution is 5.69. The predicted molar refractivity (Wildman–Crippen MR) is 113 cm³/mol. The molecule has 4 nitrogen and oxygen atoms in total. The normalized spacial score (nSPS) is 47.4. The minimum atomic E-state index is -0.314. The zero-order valence-corrected chi connectivity index (χ0v) is 18.7. The third-order valence-electron chi connectivity index (χ3n) is 9.94. The zero-order valence-electron chi connectivity index (χ0n) is 18.7. The van der Waals surface area contributed by atoms with Crippen molar-refractivity contribution in [3.05, 3.63) is 11.6 Å². The number of fused-ring (bicyclic) bond motifs is 5. The van der Waals surface area contributed by atoms with Crippen LogP contribution in [0, 0.1) is 40.4 Å². The second kappa shape index (κ2) is 7.67. The van der Waals surface area contributed by atoms with Gasteiger partial charge in [0.1, 0.15) is 0 Å². The van der Waals surface area contributed by atoms with Gasteiger partial charge in [0.05, 0.1) is 19.3 Å². The van der Waals surface area contributed by atoms with E-state index in [9.17, 15) is 15.0 Å². The fourth-order valence-electron chi connectivity index (χ4n) is 8.06. The summed E-state index contributed by atoms with van der Waals surface area (Å²) in [7, 11) is 1.45. The van der Waals surface area contributed by atoms with E-state index in [4.69, 9.17) is 4.74 Å². The lowest BCUT2D eigenvalue weighted by atomic mass is 9.45. The van der Waals surface area contributed by atoms with E-state index in [-0.39, 0.29) is 29.0 Å². The molecule has 9 atom stereocenters. The molecule has 0 amide bonds. The van der Waals surface area contributed by atoms with Gasteiger partial charge in [-0.1, -0.05) is 32.4 Å². The third-order valence-corrected chi connectivity index (χ3v) is 9.94. The number of ether oxygens (including phenoxy) is 1. The fourth-order valence-corrected chi connectivity index (χ4v) is 8.06. The summed E-state index contributed by atoms with van der Waals surface area (Å²) in [5, 5.41) is 21.7. The number of hydrogen-bond donors (Lipinski definition) is 2. The van der Waals surface area contributed by atoms with Gasteiger partial charge in [-0.2, -0.15) is 0 Å². The van der Waals surface area contributed by atoms with E-state index in [1.165, 1.54) is 25.5 Å². The molecule has 0 unspecified atom stereocenters. The summed E-state index contributed by atoms with van der Waals surface area (Å²) in [6, 6.07) is 0. The maximum atomic E-state index is 11.6. The van der Waals surface area contributed by atoms with E-state index >= 15 is 0 Å². The number of aliphatic hydroxyl groups is 2. The molecule has 29 heavy (non-hydrogen) atoms. The van der Waals surface area contributed by atoms with Crippen LogP contribution in [0.5, 0.6) is 0 Å². The van der Waals surface area contributed by atoms with Crippen LogP contribution in [0.3, 0.4) is 0 Å². The summed E-state index contributed by atoms with van der Waals surface area (Å²) < 4.78 is 4.84. The standard InChI is InChI=1S/C25H40O4/c1-15(5-10-23(28)29-4)19-8-9-20-18-7-6-16-13-17(26)11-12-24(16,2)21(18)14-22(27)25(19,20)3/h9,15-19,21-22,26-27H,5-8,10-14H2,1-4H3/t15-,16-,17-,18+,19-,21+,22+,24+,25-/m1/s1. The Labute approximate surface area is 176 Å². The lowest BCUT2D eigenvalue weighted by molar-refractivity contribution is -0.141. The lowest BCUT2D eigenvalue weighted by Gasteiger charge is -2.61. The molecule has 164 valence electrons. The molecule has 4 aliphatic rings. The van der Waals surface area contributed by atoms with Crippen molar-refractivity contribution in [2.24, 2.45) is 40.4 Å². The van der Waals surface area contributed by atoms with Gasteiger partial charge in [0.2, 0.25) is 0 Å². The molecule has 4 rings (SSSR count). The summed E-state index contributed by atoms with van der Waals surface area (Å²) in [5.41, 5.74) is 1.61. The van der Waals surface area contributed by atoms with E-state index in [0.717, 1.165) is 38.5 Å². The highest BCUT2D eigenvalue weighted by Gasteiger charge is 2.61. The Morgan fingerprint density at radius 1 is 1.24 bits per heavy atom. The molecule has 4 aliphatic carbocycles. The van der Waals surface area contributed by atoms with Crippen molar-refractivity contribution in [1.82, 2.24) is 0 Å². The van der Waals surface area contributed by atoms with E-state index in [1.54, 1.807) is 0 Å². The predicted octanol–water partition coefficient (Wildman–Crippen LogP) is 4.49. The second-order valence-electron chi connectivity index (χ2n) is 11.0. The fraction of sp³-hybridized carbons (Fsp3) is 0.880. The SMILES string of the molecule is COC(=O)CC[C@@H](C)[C@H]1CC=C2[C@@H]3CC[C@@H]4C[C@H](O)CC[C@]4(C)[C@H]3C[C@H](O)[C@@]21C. The van der Waals surface area contributed by atoms with Crippen molar-refractivity contribution < 1.29 is 19.7 Å². The van der Waals surface area contributed by atoms with Gasteiger partial charge in [-0.25, -0.2) is 0 Å². The van der Waals surface area contributed by atoms with Gasteiger partial charge >= 0.3 is 5.97 Å². The molecule has 0 heterocycles. The van der Waals surface area contributed by atoms with Crippen LogP contribution in [0.4, 0.5) is 0 Å². The molecule has 3 fully saturated rings. The van der Waals surface area contributed by atoms with Crippen molar-refractivity contribution in [3.63, 3.8) is 0 Å². The maximum Gasteiger partial charge on any atom is 0.305 e. The Hall–Kier alpha value is -0.870. The quantitative estimate of drug-likeness (QED) is 0.535. The highest BCUT2D eigenvalue weighted by Crippen LogP contribution is 2.66. The molecule has 0 aromatic heterocycles. The van der Waals surface area contributed by atoms with Gasteiger partial charge in [0.15, 0.2) is 0 Å². The Morgan fingerprint density at radius 3 is 2.72 bits per heavy atom. The Kier molecular flexibility index (Phi) is 5.65. The first-order valence-electron chi connectivity index (χ1n) is 11.8. The minimum Gasteiger partial charge on any atom is -0.469 e. The molecule has 0 aromatic carbocycles. The Bertz CT molecular complexity index is 672. The van der Waals surface area contributed by atoms with Gasteiger partial charge < -0.3 is 14.9 Å². The average molecular weight is 405 g/mol. The molecule has 0 radical (unpaired) electrons. The van der Waals surface area contributed by atoms with Crippen LogP contribution < -0.4 is 0 Å². The molecule has 2 N–H and O–H groups in total. The number of carbonyl (C=O) groups is 1. The van der Waals surface area contributed by atoms with Crippen molar-refractivity contribution in [3.8, 4) is 0 Å². The molecular weight excluding hydrogens is 364 g/mol. The summed E-state index contributed by atoms with van der Waals surface area (Å²) in [5.74, 6) is 2.36. The third kappa shape index (κ3) is 3.29. The van der Waals surface area contributed by atoms with Crippen LogP contribution in [0.1, 0.15) is 78.6 Å². The smallest absolute Gasteiger partial charge is 0.305 e. The summed E-state index contributed by atoms with van der Waals surface area (Å²) in [6.07, 6.45) is 10.6. The van der Waals surface area contributed by atoms with E-state index in [2.05, 4.69) is 26.8 Å². The molecule has 0 saturated heterocycles. The number of allylic oxidation sites excluding steroid dienone is 1. The number of carbonyl (C=O) groups excluding carboxylic acids is 1. The van der Waals surface area contributed by atoms with Crippen LogP contribution in [0.2, 0.25) is 0 Å². The van der Waals surface area contributed by atoms with E-state index < -0.39 is 0 Å². The number of rotatable bonds is 4. The molecule has 0 bridgehead atoms. The van der Waals surface area contributed by atoms with Gasteiger partial charge in [-0.15, -0.1) is 0 Å². The van der Waals surface area contributed by atoms with Gasteiger partial charge in [-0.3, -0.25) is 4.79 Å². The summed E-state index contributed by atoms with van der Waals surface area (Å²) in [6.45, 7) is 6.99. The van der Waals surface area contributed by atoms with E-state index in [1.807, 2.05) is 0 Å². The van der Waals surface area contributed by atoms with Gasteiger partial charge in [0.25, 0.3) is 0 Å². The lowest BCUT2D eigenvalue weighted by Crippen LogP contribution is -2.56. The first kappa shape index (κ1) is 21.4. The van der Waals surface area contributed by atoms with Crippen molar-refractivity contribution in [2.45, 2.75) is 90.8 Å². The largest absolute Gasteiger partial charge is 0.469 e. The molecule has 0 aliphatic heterocycles. The van der Waals surface area contributed by atoms with E-state index in [0.29, 0.717) is 36.0 Å². The summed E-state index contributed by atoms with van der Waals surface area (Å²) >= 11 is 0. The number of methoxy groups -OCH3 is 1. The topological polar surface area (TPSA) is 66.8 Å². The monoisotopic (exact) mass is 404 g/mol. The first-order valence-corrected chi connectivity index (χ1v) is 11.8. The molecule has 4 heteroatoms. The summed E-state index contributed by atoms with van der Waals surface area (Å²) in [4.78, 5) is 11.6. The van der Waals surface area contributed by atoms with Crippen LogP contribution >= 0.6 is 0 Å². The average Bonchev–Trinajstić information content (AvgIpc) is 3.06. The van der Waals surface area contributed by atoms with Crippen molar-refractivity contribution in [1.29, 1.82) is 0 Å². The molecule has 0 aromatic rings. The maximum absolute atomic E-state index is 11.6. The second-order valence-corrected chi connectivity index (χ2v) is 11.0. The first-order chi connectivity index (χ1) is 13.7. The Morgan fingerprint density at radius 2 is 2.00 bits per heavy atom. The molecular formula is C25H40O4. The highest BCUT2D eigenvalue weighted by atomic mass is 16.5. The van der Waals surface area contributed by atoms with Crippen molar-refractivity contribution in [2.75, 3.05) is 7.11 Å². The molecule has 3 saturated carbocycles. The van der Waals surface area contributed by atoms with Crippen molar-refractivity contribution >= 4 is 5.97 Å². The number of esters is 1. The number of aliphatic hydroxyl groups excluding tert-OH is 2. The zero-order chi connectivity index (χ0) is 21.0. The number of hydrogen-bond acceptors (Lipinski definition) is 4. The minimum absolute atomic E-state index is 0.130.